The van der Waals surface area contributed by atoms with E-state index in [1.165, 1.54) is 38.7 Å². The average Bonchev–Trinajstić information content (AvgIpc) is 3.63. The fourth-order valence-corrected chi connectivity index (χ4v) is 6.56. The topological polar surface area (TPSA) is 44.9 Å². The Hall–Kier alpha value is -5.16. The van der Waals surface area contributed by atoms with E-state index in [2.05, 4.69) is 129 Å². The zero-order chi connectivity index (χ0) is 31.8. The summed E-state index contributed by atoms with van der Waals surface area (Å²) in [5.74, 6) is 2.94. The SMILES string of the molecule is CCc1nn(-c2cccc(Oc3ccc4c5cc(C(C)CC)ccc5n(-c5cc(C)ccn5)c4c3)c2)c(CC)c1-c1ccccc1. The van der Waals surface area contributed by atoms with Crippen LogP contribution in [-0.2, 0) is 12.8 Å². The quantitative estimate of drug-likeness (QED) is 0.165. The summed E-state index contributed by atoms with van der Waals surface area (Å²) in [6.45, 7) is 11.0. The lowest BCUT2D eigenvalue weighted by atomic mass is 9.97. The predicted molar refractivity (Wildman–Crippen MR) is 190 cm³/mol. The highest BCUT2D eigenvalue weighted by Crippen LogP contribution is 2.37. The molecule has 46 heavy (non-hydrogen) atoms. The molecule has 1 unspecified atom stereocenters. The van der Waals surface area contributed by atoms with Gasteiger partial charge < -0.3 is 4.74 Å². The molecule has 4 aromatic carbocycles. The van der Waals surface area contributed by atoms with Gasteiger partial charge in [0.1, 0.15) is 17.3 Å². The minimum atomic E-state index is 0.495. The van der Waals surface area contributed by atoms with Crippen molar-refractivity contribution in [2.24, 2.45) is 0 Å². The van der Waals surface area contributed by atoms with E-state index in [9.17, 15) is 0 Å². The maximum Gasteiger partial charge on any atom is 0.137 e. The molecular formula is C41H40N4O. The number of aromatic nitrogens is 4. The fourth-order valence-electron chi connectivity index (χ4n) is 6.56. The first-order chi connectivity index (χ1) is 22.5. The Morgan fingerprint density at radius 3 is 2.33 bits per heavy atom. The van der Waals surface area contributed by atoms with Crippen LogP contribution in [0.5, 0.6) is 11.5 Å². The van der Waals surface area contributed by atoms with Crippen LogP contribution in [0.4, 0.5) is 0 Å². The van der Waals surface area contributed by atoms with E-state index < -0.39 is 0 Å². The second kappa shape index (κ2) is 12.3. The molecule has 0 bridgehead atoms. The fraction of sp³-hybridized carbons (Fsp3) is 0.220. The summed E-state index contributed by atoms with van der Waals surface area (Å²) in [4.78, 5) is 4.78. The molecule has 7 rings (SSSR count). The zero-order valence-electron chi connectivity index (χ0n) is 27.3. The summed E-state index contributed by atoms with van der Waals surface area (Å²) in [7, 11) is 0. The number of hydrogen-bond acceptors (Lipinski definition) is 3. The van der Waals surface area contributed by atoms with Crippen LogP contribution in [-0.4, -0.2) is 19.3 Å². The van der Waals surface area contributed by atoms with Crippen molar-refractivity contribution in [2.45, 2.75) is 59.8 Å². The summed E-state index contributed by atoms with van der Waals surface area (Å²) in [5.41, 5.74) is 10.5. The summed E-state index contributed by atoms with van der Waals surface area (Å²) >= 11 is 0. The van der Waals surface area contributed by atoms with Crippen LogP contribution in [0.15, 0.2) is 109 Å². The van der Waals surface area contributed by atoms with Gasteiger partial charge in [-0.05, 0) is 97.3 Å². The van der Waals surface area contributed by atoms with Crippen LogP contribution in [0, 0.1) is 6.92 Å². The van der Waals surface area contributed by atoms with Crippen LogP contribution in [0.1, 0.15) is 62.5 Å². The third-order valence-corrected chi connectivity index (χ3v) is 9.16. The molecule has 0 spiro atoms. The van der Waals surface area contributed by atoms with E-state index in [0.29, 0.717) is 5.92 Å². The highest BCUT2D eigenvalue weighted by Gasteiger charge is 2.19. The molecule has 0 radical (unpaired) electrons. The molecule has 0 aliphatic heterocycles. The first kappa shape index (κ1) is 29.5. The normalized spacial score (nSPS) is 12.2. The molecule has 3 aromatic heterocycles. The lowest BCUT2D eigenvalue weighted by molar-refractivity contribution is 0.482. The molecule has 1 atom stereocenters. The van der Waals surface area contributed by atoms with E-state index in [-0.39, 0.29) is 0 Å². The van der Waals surface area contributed by atoms with Crippen LogP contribution < -0.4 is 4.74 Å². The van der Waals surface area contributed by atoms with Crippen LogP contribution in [0.2, 0.25) is 0 Å². The summed E-state index contributed by atoms with van der Waals surface area (Å²) in [5, 5.41) is 7.51. The number of pyridine rings is 1. The number of nitrogens with zero attached hydrogens (tertiary/aromatic N) is 4. The standard InChI is InChI=1S/C41H40N4O/c1-6-28(5)30-17-20-38-35(24-30)34-19-18-33(26-39(34)44(38)40-23-27(4)21-22-42-40)46-32-16-12-15-31(25-32)45-37(8-3)41(36(7-2)43-45)29-13-10-9-11-14-29/h9-26,28H,6-8H2,1-5H3. The molecule has 0 N–H and O–H groups in total. The second-order valence-electron chi connectivity index (χ2n) is 12.1. The highest BCUT2D eigenvalue weighted by molar-refractivity contribution is 6.09. The number of benzene rings is 4. The number of hydrogen-bond donors (Lipinski definition) is 0. The summed E-state index contributed by atoms with van der Waals surface area (Å²) in [6, 6.07) is 36.3. The molecule has 0 amide bonds. The van der Waals surface area contributed by atoms with Gasteiger partial charge >= 0.3 is 0 Å². The predicted octanol–water partition coefficient (Wildman–Crippen LogP) is 10.8. The van der Waals surface area contributed by atoms with Crippen LogP contribution in [0.25, 0.3) is 44.4 Å². The molecule has 7 aromatic rings. The molecule has 3 heterocycles. The zero-order valence-corrected chi connectivity index (χ0v) is 27.3. The van der Waals surface area contributed by atoms with Crippen LogP contribution in [0.3, 0.4) is 0 Å². The second-order valence-corrected chi connectivity index (χ2v) is 12.1. The lowest BCUT2D eigenvalue weighted by Gasteiger charge is -2.12. The monoisotopic (exact) mass is 604 g/mol. The van der Waals surface area contributed by atoms with Gasteiger partial charge in [0.05, 0.1) is 28.1 Å². The largest absolute Gasteiger partial charge is 0.457 e. The van der Waals surface area contributed by atoms with Crippen LogP contribution >= 0.6 is 0 Å². The smallest absolute Gasteiger partial charge is 0.137 e. The van der Waals surface area contributed by atoms with E-state index >= 15 is 0 Å². The first-order valence-electron chi connectivity index (χ1n) is 16.4. The molecule has 0 saturated heterocycles. The Kier molecular flexibility index (Phi) is 7.91. The van der Waals surface area contributed by atoms with Crippen molar-refractivity contribution >= 4 is 21.8 Å². The molecule has 0 aliphatic rings. The van der Waals surface area contributed by atoms with Crippen molar-refractivity contribution in [3.63, 3.8) is 0 Å². The maximum atomic E-state index is 6.59. The van der Waals surface area contributed by atoms with E-state index in [1.807, 2.05) is 24.4 Å². The number of rotatable bonds is 9. The third kappa shape index (κ3) is 5.26. The van der Waals surface area contributed by atoms with E-state index in [0.717, 1.165) is 59.0 Å². The highest BCUT2D eigenvalue weighted by atomic mass is 16.5. The van der Waals surface area contributed by atoms with Gasteiger partial charge in [-0.1, -0.05) is 70.2 Å². The number of aryl methyl sites for hydroxylation is 2. The molecule has 0 aliphatic carbocycles. The van der Waals surface area contributed by atoms with Gasteiger partial charge in [-0.3, -0.25) is 4.57 Å². The van der Waals surface area contributed by atoms with Gasteiger partial charge in [-0.25, -0.2) is 9.67 Å². The molecular weight excluding hydrogens is 564 g/mol. The van der Waals surface area contributed by atoms with Crippen molar-refractivity contribution in [1.82, 2.24) is 19.3 Å². The van der Waals surface area contributed by atoms with Gasteiger partial charge in [0.25, 0.3) is 0 Å². The minimum Gasteiger partial charge on any atom is -0.457 e. The van der Waals surface area contributed by atoms with Crippen molar-refractivity contribution in [3.05, 3.63) is 132 Å². The molecule has 5 heteroatoms. The molecule has 0 saturated carbocycles. The number of fused-ring (bicyclic) bond motifs is 3. The van der Waals surface area contributed by atoms with Gasteiger partial charge in [-0.15, -0.1) is 0 Å². The van der Waals surface area contributed by atoms with Gasteiger partial charge in [0.15, 0.2) is 0 Å². The lowest BCUT2D eigenvalue weighted by Crippen LogP contribution is -2.02. The summed E-state index contributed by atoms with van der Waals surface area (Å²) in [6.07, 6.45) is 4.72. The third-order valence-electron chi connectivity index (χ3n) is 9.16. The van der Waals surface area contributed by atoms with Crippen molar-refractivity contribution in [3.8, 4) is 34.1 Å². The molecule has 0 fully saturated rings. The molecule has 5 nitrogen and oxygen atoms in total. The first-order valence-corrected chi connectivity index (χ1v) is 16.4. The van der Waals surface area contributed by atoms with Gasteiger partial charge in [-0.2, -0.15) is 5.10 Å². The Bertz CT molecular complexity index is 2170. The van der Waals surface area contributed by atoms with Crippen molar-refractivity contribution in [2.75, 3.05) is 0 Å². The summed E-state index contributed by atoms with van der Waals surface area (Å²) < 4.78 is 10.9. The number of ether oxygens (including phenoxy) is 1. The Balaban J connectivity index is 1.31. The van der Waals surface area contributed by atoms with Crippen molar-refractivity contribution < 1.29 is 4.74 Å². The van der Waals surface area contributed by atoms with Gasteiger partial charge in [0.2, 0.25) is 0 Å². The minimum absolute atomic E-state index is 0.495. The average molecular weight is 605 g/mol. The molecule has 230 valence electrons. The Labute approximate surface area is 271 Å². The van der Waals surface area contributed by atoms with E-state index in [4.69, 9.17) is 14.8 Å². The van der Waals surface area contributed by atoms with Gasteiger partial charge in [0, 0.05) is 34.7 Å². The Morgan fingerprint density at radius 2 is 1.57 bits per heavy atom. The van der Waals surface area contributed by atoms with E-state index in [1.54, 1.807) is 0 Å². The maximum absolute atomic E-state index is 6.59. The Morgan fingerprint density at radius 1 is 0.739 bits per heavy atom. The van der Waals surface area contributed by atoms with Crippen molar-refractivity contribution in [1.29, 1.82) is 0 Å².